The zero-order valence-electron chi connectivity index (χ0n) is 10.2. The van der Waals surface area contributed by atoms with Gasteiger partial charge in [0.05, 0.1) is 17.4 Å². The van der Waals surface area contributed by atoms with Crippen LogP contribution in [0.25, 0.3) is 0 Å². The van der Waals surface area contributed by atoms with Crippen LogP contribution in [-0.2, 0) is 4.79 Å². The van der Waals surface area contributed by atoms with Crippen molar-refractivity contribution in [3.63, 3.8) is 0 Å². The predicted octanol–water partition coefficient (Wildman–Crippen LogP) is 1.44. The molecule has 0 aromatic heterocycles. The van der Waals surface area contributed by atoms with Crippen molar-refractivity contribution in [2.75, 3.05) is 11.5 Å². The van der Waals surface area contributed by atoms with Gasteiger partial charge < -0.3 is 10.4 Å². The first-order valence-electron chi connectivity index (χ1n) is 5.82. The Kier molecular flexibility index (Phi) is 5.90. The van der Waals surface area contributed by atoms with E-state index in [2.05, 4.69) is 10.6 Å². The minimum atomic E-state index is -0.693. The average molecular weight is 275 g/mol. The number of nitroso groups, excluding NO2 is 1. The highest BCUT2D eigenvalue weighted by Crippen LogP contribution is 2.27. The Bertz CT molecular complexity index is 326. The quantitative estimate of drug-likeness (QED) is 0.597. The van der Waals surface area contributed by atoms with E-state index < -0.39 is 5.97 Å². The highest BCUT2D eigenvalue weighted by Gasteiger charge is 2.43. The molecule has 2 atom stereocenters. The molecule has 2 heterocycles. The van der Waals surface area contributed by atoms with E-state index in [4.69, 9.17) is 5.11 Å². The molecule has 0 bridgehead atoms. The summed E-state index contributed by atoms with van der Waals surface area (Å²) in [5.41, 5.74) is 0. The van der Waals surface area contributed by atoms with Gasteiger partial charge in [-0.15, -0.1) is 4.91 Å². The van der Waals surface area contributed by atoms with Gasteiger partial charge in [-0.3, -0.25) is 4.79 Å². The summed E-state index contributed by atoms with van der Waals surface area (Å²) >= 11 is 1.73. The van der Waals surface area contributed by atoms with Gasteiger partial charge in [-0.1, -0.05) is 13.3 Å². The smallest absolute Gasteiger partial charge is 0.341 e. The van der Waals surface area contributed by atoms with Crippen LogP contribution in [0.2, 0.25) is 0 Å². The van der Waals surface area contributed by atoms with Gasteiger partial charge in [0.25, 0.3) is 0 Å². The van der Waals surface area contributed by atoms with Crippen molar-refractivity contribution >= 4 is 23.8 Å². The highest BCUT2D eigenvalue weighted by atomic mass is 32.2. The Morgan fingerprint density at radius 3 is 2.83 bits per heavy atom. The number of hydrogen-bond acceptors (Lipinski definition) is 5. The standard InChI is InChI=1S/C5H7N3O2S.C5H10O2/c9-5-6-3-1-11-2-4(3)8(5)7-10;1-2-3-4-5(6)7/h3-4H,1-2H2,(H,6,9);2-4H2,1H3,(H,6,7). The molecule has 0 saturated carbocycles. The fourth-order valence-electron chi connectivity index (χ4n) is 1.72. The maximum atomic E-state index is 10.9. The lowest BCUT2D eigenvalue weighted by Crippen LogP contribution is -2.31. The number of fused-ring (bicyclic) bond motifs is 1. The van der Waals surface area contributed by atoms with Gasteiger partial charge in [-0.2, -0.15) is 16.8 Å². The van der Waals surface area contributed by atoms with E-state index in [1.165, 1.54) is 0 Å². The molecule has 2 unspecified atom stereocenters. The number of unbranched alkanes of at least 4 members (excludes halogenated alkanes) is 1. The van der Waals surface area contributed by atoms with Gasteiger partial charge in [0.2, 0.25) is 0 Å². The molecule has 7 nitrogen and oxygen atoms in total. The van der Waals surface area contributed by atoms with Gasteiger partial charge in [-0.25, -0.2) is 4.79 Å². The number of hydrogen-bond donors (Lipinski definition) is 2. The molecule has 0 aromatic rings. The Hall–Kier alpha value is -1.31. The normalized spacial score (nSPS) is 24.9. The van der Waals surface area contributed by atoms with E-state index in [0.29, 0.717) is 6.42 Å². The molecule has 2 saturated heterocycles. The summed E-state index contributed by atoms with van der Waals surface area (Å²) in [6.07, 6.45) is 2.08. The van der Waals surface area contributed by atoms with E-state index in [-0.39, 0.29) is 18.1 Å². The third kappa shape index (κ3) is 3.86. The maximum Gasteiger partial charge on any atom is 0.341 e. The van der Waals surface area contributed by atoms with Crippen molar-refractivity contribution in [3.05, 3.63) is 4.91 Å². The summed E-state index contributed by atoms with van der Waals surface area (Å²) in [5, 5.41) is 14.4. The van der Waals surface area contributed by atoms with E-state index in [1.54, 1.807) is 11.8 Å². The van der Waals surface area contributed by atoms with Crippen molar-refractivity contribution in [2.45, 2.75) is 38.3 Å². The van der Waals surface area contributed by atoms with Crippen LogP contribution in [0, 0.1) is 4.91 Å². The summed E-state index contributed by atoms with van der Waals surface area (Å²) in [6.45, 7) is 1.98. The number of amides is 2. The van der Waals surface area contributed by atoms with Crippen molar-refractivity contribution in [1.82, 2.24) is 10.3 Å². The fraction of sp³-hybridized carbons (Fsp3) is 0.800. The van der Waals surface area contributed by atoms with Crippen LogP contribution in [-0.4, -0.2) is 45.7 Å². The Labute approximate surface area is 109 Å². The molecular weight excluding hydrogens is 258 g/mol. The second-order valence-corrected chi connectivity index (χ2v) is 5.16. The van der Waals surface area contributed by atoms with Gasteiger partial charge >= 0.3 is 12.0 Å². The molecule has 2 aliphatic heterocycles. The van der Waals surface area contributed by atoms with Gasteiger partial charge in [0.15, 0.2) is 0 Å². The largest absolute Gasteiger partial charge is 0.481 e. The number of carboxylic acid groups (broad SMARTS) is 1. The molecule has 2 rings (SSSR count). The van der Waals surface area contributed by atoms with Crippen molar-refractivity contribution < 1.29 is 14.7 Å². The Balaban J connectivity index is 0.000000203. The van der Waals surface area contributed by atoms with Crippen LogP contribution in [0.15, 0.2) is 5.29 Å². The zero-order chi connectivity index (χ0) is 13.5. The molecule has 8 heteroatoms. The topological polar surface area (TPSA) is 99.1 Å². The van der Waals surface area contributed by atoms with E-state index >= 15 is 0 Å². The van der Waals surface area contributed by atoms with E-state index in [0.717, 1.165) is 29.4 Å². The number of carbonyl (C=O) groups is 2. The minimum Gasteiger partial charge on any atom is -0.481 e. The second-order valence-electron chi connectivity index (χ2n) is 4.08. The average Bonchev–Trinajstić information content (AvgIpc) is 2.86. The number of aliphatic carboxylic acids is 1. The molecule has 2 fully saturated rings. The summed E-state index contributed by atoms with van der Waals surface area (Å²) in [7, 11) is 0. The molecule has 0 aliphatic carbocycles. The van der Waals surface area contributed by atoms with Crippen LogP contribution in [0.4, 0.5) is 4.79 Å². The number of thioether (sulfide) groups is 1. The summed E-state index contributed by atoms with van der Waals surface area (Å²) in [4.78, 5) is 30.9. The number of rotatable bonds is 4. The summed E-state index contributed by atoms with van der Waals surface area (Å²) in [5.74, 6) is 1.01. The van der Waals surface area contributed by atoms with Gasteiger partial charge in [0.1, 0.15) is 0 Å². The first-order valence-corrected chi connectivity index (χ1v) is 6.98. The SMILES string of the molecule is CCCCC(=O)O.O=NN1C(=O)NC2CSCC21. The number of nitrogens with one attached hydrogen (secondary N) is 1. The molecule has 2 N–H and O–H groups in total. The number of carbonyl (C=O) groups excluding carboxylic acids is 1. The lowest BCUT2D eigenvalue weighted by Gasteiger charge is -2.09. The number of carboxylic acids is 1. The maximum absolute atomic E-state index is 10.9. The predicted molar refractivity (Wildman–Crippen MR) is 68.2 cm³/mol. The second kappa shape index (κ2) is 7.20. The fourth-order valence-corrected chi connectivity index (χ4v) is 3.03. The lowest BCUT2D eigenvalue weighted by molar-refractivity contribution is -0.137. The zero-order valence-corrected chi connectivity index (χ0v) is 11.0. The molecule has 2 amide bonds. The van der Waals surface area contributed by atoms with Crippen molar-refractivity contribution in [1.29, 1.82) is 0 Å². The molecule has 18 heavy (non-hydrogen) atoms. The number of urea groups is 1. The molecule has 2 aliphatic rings. The summed E-state index contributed by atoms with van der Waals surface area (Å²) in [6, 6.07) is -0.231. The van der Waals surface area contributed by atoms with E-state index in [9.17, 15) is 14.5 Å². The van der Waals surface area contributed by atoms with Crippen LogP contribution in [0.1, 0.15) is 26.2 Å². The number of nitrogens with zero attached hydrogens (tertiary/aromatic N) is 2. The first kappa shape index (κ1) is 14.7. The molecule has 0 aromatic carbocycles. The van der Waals surface area contributed by atoms with Crippen LogP contribution in [0.5, 0.6) is 0 Å². The van der Waals surface area contributed by atoms with Crippen molar-refractivity contribution in [2.24, 2.45) is 5.29 Å². The van der Waals surface area contributed by atoms with Gasteiger partial charge in [0, 0.05) is 17.9 Å². The minimum absolute atomic E-state index is 0.00926. The lowest BCUT2D eigenvalue weighted by atomic mass is 10.2. The monoisotopic (exact) mass is 275 g/mol. The van der Waals surface area contributed by atoms with E-state index in [1.807, 2.05) is 6.92 Å². The molecule has 102 valence electrons. The molecule has 0 spiro atoms. The van der Waals surface area contributed by atoms with Crippen molar-refractivity contribution in [3.8, 4) is 0 Å². The Morgan fingerprint density at radius 1 is 1.61 bits per heavy atom. The first-order chi connectivity index (χ1) is 8.60. The molecular formula is C10H17N3O4S. The van der Waals surface area contributed by atoms with Crippen LogP contribution < -0.4 is 5.32 Å². The third-order valence-electron chi connectivity index (χ3n) is 2.71. The van der Waals surface area contributed by atoms with Crippen LogP contribution in [0.3, 0.4) is 0 Å². The highest BCUT2D eigenvalue weighted by molar-refractivity contribution is 7.99. The van der Waals surface area contributed by atoms with Crippen LogP contribution >= 0.6 is 11.8 Å². The van der Waals surface area contributed by atoms with Gasteiger partial charge in [-0.05, 0) is 6.42 Å². The third-order valence-corrected chi connectivity index (χ3v) is 3.89. The molecule has 0 radical (unpaired) electrons. The Morgan fingerprint density at radius 2 is 2.33 bits per heavy atom. The summed E-state index contributed by atoms with van der Waals surface area (Å²) < 4.78 is 0.